The fraction of sp³-hybridized carbons (Fsp3) is 0.357. The van der Waals surface area contributed by atoms with Gasteiger partial charge in [-0.1, -0.05) is 79.7 Å². The minimum absolute atomic E-state index is 0.00956. The molecule has 3 aromatic carbocycles. The molecule has 158 valence electrons. The van der Waals surface area contributed by atoms with Gasteiger partial charge in [0.25, 0.3) is 0 Å². The maximum Gasteiger partial charge on any atom is 0.0481 e. The van der Waals surface area contributed by atoms with Crippen molar-refractivity contribution in [3.8, 4) is 11.1 Å². The summed E-state index contributed by atoms with van der Waals surface area (Å²) in [4.78, 5) is 0. The molecule has 2 N–H and O–H groups in total. The number of aliphatic hydroxyl groups excluding tert-OH is 2. The molecule has 2 nitrogen and oxygen atoms in total. The molecule has 30 heavy (non-hydrogen) atoms. The van der Waals surface area contributed by atoms with Crippen LogP contribution in [0.5, 0.6) is 0 Å². The maximum atomic E-state index is 9.22. The summed E-state index contributed by atoms with van der Waals surface area (Å²) < 4.78 is 0. The Morgan fingerprint density at radius 1 is 0.700 bits per heavy atom. The van der Waals surface area contributed by atoms with Crippen LogP contribution in [0.15, 0.2) is 72.8 Å². The summed E-state index contributed by atoms with van der Waals surface area (Å²) in [5, 5.41) is 18.4. The van der Waals surface area contributed by atoms with Gasteiger partial charge in [-0.15, -0.1) is 0 Å². The van der Waals surface area contributed by atoms with Gasteiger partial charge in [-0.3, -0.25) is 0 Å². The van der Waals surface area contributed by atoms with Crippen LogP contribution in [0.25, 0.3) is 11.1 Å². The molecule has 0 aliphatic heterocycles. The molecule has 0 aliphatic rings. The monoisotopic (exact) mass is 402 g/mol. The highest BCUT2D eigenvalue weighted by atomic mass is 16.3. The largest absolute Gasteiger partial charge is 0.396 e. The van der Waals surface area contributed by atoms with E-state index in [2.05, 4.69) is 79.7 Å². The van der Waals surface area contributed by atoms with Crippen LogP contribution in [0, 0.1) is 5.92 Å². The van der Waals surface area contributed by atoms with Gasteiger partial charge >= 0.3 is 0 Å². The van der Waals surface area contributed by atoms with Crippen molar-refractivity contribution in [1.29, 1.82) is 0 Å². The van der Waals surface area contributed by atoms with Crippen LogP contribution < -0.4 is 0 Å². The van der Waals surface area contributed by atoms with Crippen LogP contribution >= 0.6 is 0 Å². The number of rotatable bonds is 11. The summed E-state index contributed by atoms with van der Waals surface area (Å²) in [7, 11) is 0. The number of aryl methyl sites for hydroxylation is 4. The van der Waals surface area contributed by atoms with E-state index >= 15 is 0 Å². The van der Waals surface area contributed by atoms with E-state index in [9.17, 15) is 10.2 Å². The lowest BCUT2D eigenvalue weighted by atomic mass is 9.93. The van der Waals surface area contributed by atoms with Gasteiger partial charge in [-0.2, -0.15) is 0 Å². The predicted octanol–water partition coefficient (Wildman–Crippen LogP) is 5.62. The van der Waals surface area contributed by atoms with E-state index in [1.807, 2.05) is 0 Å². The average Bonchev–Trinajstić information content (AvgIpc) is 2.81. The van der Waals surface area contributed by atoms with E-state index in [-0.39, 0.29) is 19.1 Å². The molecule has 0 bridgehead atoms. The lowest BCUT2D eigenvalue weighted by Gasteiger charge is -2.13. The molecule has 0 radical (unpaired) electrons. The molecule has 0 unspecified atom stereocenters. The summed E-state index contributed by atoms with van der Waals surface area (Å²) in [6, 6.07) is 26.5. The van der Waals surface area contributed by atoms with Crippen LogP contribution in [0.4, 0.5) is 0 Å². The van der Waals surface area contributed by atoms with Crippen LogP contribution in [0.2, 0.25) is 0 Å². The smallest absolute Gasteiger partial charge is 0.0481 e. The van der Waals surface area contributed by atoms with Crippen LogP contribution in [0.3, 0.4) is 0 Å². The van der Waals surface area contributed by atoms with Crippen molar-refractivity contribution >= 4 is 0 Å². The van der Waals surface area contributed by atoms with Crippen molar-refractivity contribution in [2.45, 2.75) is 45.4 Å². The van der Waals surface area contributed by atoms with Crippen LogP contribution in [-0.4, -0.2) is 23.4 Å². The van der Waals surface area contributed by atoms with Crippen LogP contribution in [-0.2, 0) is 25.7 Å². The Kier molecular flexibility index (Phi) is 8.67. The molecule has 0 heterocycles. The minimum atomic E-state index is 0.00956. The summed E-state index contributed by atoms with van der Waals surface area (Å²) in [6.45, 7) is 2.35. The zero-order chi connectivity index (χ0) is 21.2. The van der Waals surface area contributed by atoms with E-state index in [1.165, 1.54) is 33.4 Å². The zero-order valence-corrected chi connectivity index (χ0v) is 18.1. The molecule has 0 atom stereocenters. The highest BCUT2D eigenvalue weighted by molar-refractivity contribution is 5.68. The minimum Gasteiger partial charge on any atom is -0.396 e. The fourth-order valence-electron chi connectivity index (χ4n) is 4.00. The van der Waals surface area contributed by atoms with Gasteiger partial charge in [-0.05, 0) is 71.9 Å². The number of aliphatic hydroxyl groups is 2. The first-order valence-electron chi connectivity index (χ1n) is 11.2. The molecule has 0 spiro atoms. The third-order valence-electron chi connectivity index (χ3n) is 5.95. The van der Waals surface area contributed by atoms with Crippen molar-refractivity contribution < 1.29 is 10.2 Å². The molecule has 0 saturated carbocycles. The number of hydrogen-bond donors (Lipinski definition) is 2. The topological polar surface area (TPSA) is 40.5 Å². The lowest BCUT2D eigenvalue weighted by Crippen LogP contribution is -2.11. The van der Waals surface area contributed by atoms with Gasteiger partial charge in [0.15, 0.2) is 0 Å². The Balaban J connectivity index is 1.63. The SMILES string of the molecule is CCc1cc(CCCC(CO)CO)ccc1-c1ccc(CCc2ccccc2)cc1. The summed E-state index contributed by atoms with van der Waals surface area (Å²) in [5.41, 5.74) is 8.08. The quantitative estimate of drug-likeness (QED) is 0.437. The van der Waals surface area contributed by atoms with Crippen molar-refractivity contribution in [1.82, 2.24) is 0 Å². The van der Waals surface area contributed by atoms with Crippen molar-refractivity contribution in [2.75, 3.05) is 13.2 Å². The molecule has 0 aliphatic carbocycles. The van der Waals surface area contributed by atoms with Gasteiger partial charge in [0.05, 0.1) is 0 Å². The molecule has 0 saturated heterocycles. The molecular formula is C28H34O2. The second-order valence-electron chi connectivity index (χ2n) is 8.15. The van der Waals surface area contributed by atoms with Gasteiger partial charge < -0.3 is 10.2 Å². The van der Waals surface area contributed by atoms with E-state index in [4.69, 9.17) is 0 Å². The Bertz CT molecular complexity index is 880. The maximum absolute atomic E-state index is 9.22. The summed E-state index contributed by atoms with van der Waals surface area (Å²) in [5.74, 6) is 0.00956. The lowest BCUT2D eigenvalue weighted by molar-refractivity contribution is 0.142. The van der Waals surface area contributed by atoms with Crippen molar-refractivity contribution in [3.05, 3.63) is 95.1 Å². The first kappa shape index (κ1) is 22.3. The summed E-state index contributed by atoms with van der Waals surface area (Å²) in [6.07, 6.45) is 5.98. The molecule has 3 aromatic rings. The van der Waals surface area contributed by atoms with E-state index in [1.54, 1.807) is 0 Å². The second kappa shape index (κ2) is 11.7. The average molecular weight is 403 g/mol. The predicted molar refractivity (Wildman–Crippen MR) is 126 cm³/mol. The second-order valence-corrected chi connectivity index (χ2v) is 8.15. The third kappa shape index (κ3) is 6.29. The Morgan fingerprint density at radius 2 is 1.33 bits per heavy atom. The van der Waals surface area contributed by atoms with Crippen molar-refractivity contribution in [2.24, 2.45) is 5.92 Å². The molecule has 0 aromatic heterocycles. The Labute approximate surface area is 181 Å². The highest BCUT2D eigenvalue weighted by Gasteiger charge is 2.08. The van der Waals surface area contributed by atoms with Crippen LogP contribution in [0.1, 0.15) is 42.0 Å². The Morgan fingerprint density at radius 3 is 1.97 bits per heavy atom. The summed E-state index contributed by atoms with van der Waals surface area (Å²) >= 11 is 0. The van der Waals surface area contributed by atoms with Gasteiger partial charge in [0.1, 0.15) is 0 Å². The molecular weight excluding hydrogens is 368 g/mol. The number of benzene rings is 3. The normalized spacial score (nSPS) is 11.2. The molecule has 3 rings (SSSR count). The van der Waals surface area contributed by atoms with E-state index in [0.29, 0.717) is 0 Å². The first-order chi connectivity index (χ1) is 14.7. The Hall–Kier alpha value is -2.42. The van der Waals surface area contributed by atoms with Gasteiger partial charge in [-0.25, -0.2) is 0 Å². The highest BCUT2D eigenvalue weighted by Crippen LogP contribution is 2.27. The van der Waals surface area contributed by atoms with Gasteiger partial charge in [0, 0.05) is 19.1 Å². The van der Waals surface area contributed by atoms with Crippen molar-refractivity contribution in [3.63, 3.8) is 0 Å². The van der Waals surface area contributed by atoms with E-state index in [0.717, 1.165) is 38.5 Å². The molecule has 0 fully saturated rings. The third-order valence-corrected chi connectivity index (χ3v) is 5.95. The number of hydrogen-bond acceptors (Lipinski definition) is 2. The first-order valence-corrected chi connectivity index (χ1v) is 11.2. The fourth-order valence-corrected chi connectivity index (χ4v) is 4.00. The molecule has 2 heteroatoms. The molecule has 0 amide bonds. The van der Waals surface area contributed by atoms with Gasteiger partial charge in [0.2, 0.25) is 0 Å². The van der Waals surface area contributed by atoms with E-state index < -0.39 is 0 Å². The zero-order valence-electron chi connectivity index (χ0n) is 18.1. The standard InChI is InChI=1S/C28H34O2/c1-2-26-19-24(9-6-10-25(20-29)21-30)15-18-28(26)27-16-13-23(14-17-27)12-11-22-7-4-3-5-8-22/h3-5,7-8,13-19,25,29-30H,2,6,9-12,20-21H2,1H3.